The number of rotatable bonds is 4. The van der Waals surface area contributed by atoms with Crippen LogP contribution in [0.15, 0.2) is 24.3 Å². The van der Waals surface area contributed by atoms with E-state index < -0.39 is 0 Å². The SMILES string of the molecule is CC(=O)NCc1ccc(C(=O)Nc2ccc3c(c2F)CCNC3)s1.Cl. The summed E-state index contributed by atoms with van der Waals surface area (Å²) in [5, 5.41) is 8.52. The predicted molar refractivity (Wildman–Crippen MR) is 98.9 cm³/mol. The Kier molecular flexibility index (Phi) is 6.52. The first-order chi connectivity index (χ1) is 11.5. The molecular formula is C17H19ClFN3O2S. The summed E-state index contributed by atoms with van der Waals surface area (Å²) in [6.07, 6.45) is 0.616. The molecule has 0 saturated carbocycles. The molecule has 0 saturated heterocycles. The number of nitrogens with one attached hydrogen (secondary N) is 3. The molecule has 8 heteroatoms. The van der Waals surface area contributed by atoms with E-state index in [2.05, 4.69) is 16.0 Å². The highest BCUT2D eigenvalue weighted by atomic mass is 35.5. The van der Waals surface area contributed by atoms with Crippen LogP contribution in [0.5, 0.6) is 0 Å². The first-order valence-corrected chi connectivity index (χ1v) is 8.51. The normalized spacial score (nSPS) is 12.7. The van der Waals surface area contributed by atoms with Crippen LogP contribution >= 0.6 is 23.7 Å². The summed E-state index contributed by atoms with van der Waals surface area (Å²) < 4.78 is 14.6. The third kappa shape index (κ3) is 4.56. The van der Waals surface area contributed by atoms with Crippen LogP contribution in [-0.4, -0.2) is 18.4 Å². The molecule has 0 atom stereocenters. The van der Waals surface area contributed by atoms with Gasteiger partial charge in [0.2, 0.25) is 5.91 Å². The summed E-state index contributed by atoms with van der Waals surface area (Å²) in [6, 6.07) is 6.91. The van der Waals surface area contributed by atoms with Gasteiger partial charge in [0.05, 0.1) is 17.1 Å². The van der Waals surface area contributed by atoms with Gasteiger partial charge in [-0.3, -0.25) is 9.59 Å². The highest BCUT2D eigenvalue weighted by Crippen LogP contribution is 2.26. The first kappa shape index (κ1) is 19.4. The fraction of sp³-hybridized carbons (Fsp3) is 0.294. The lowest BCUT2D eigenvalue weighted by atomic mass is 9.99. The summed E-state index contributed by atoms with van der Waals surface area (Å²) >= 11 is 1.28. The van der Waals surface area contributed by atoms with E-state index in [1.165, 1.54) is 18.3 Å². The van der Waals surface area contributed by atoms with Gasteiger partial charge in [-0.2, -0.15) is 0 Å². The Balaban J connectivity index is 0.00000225. The van der Waals surface area contributed by atoms with Gasteiger partial charge in [0.15, 0.2) is 0 Å². The molecule has 0 unspecified atom stereocenters. The van der Waals surface area contributed by atoms with Gasteiger partial charge in [0.25, 0.3) is 5.91 Å². The molecule has 1 aromatic heterocycles. The van der Waals surface area contributed by atoms with Crippen molar-refractivity contribution >= 4 is 41.2 Å². The molecule has 0 bridgehead atoms. The van der Waals surface area contributed by atoms with Gasteiger partial charge in [0, 0.05) is 18.3 Å². The van der Waals surface area contributed by atoms with Crippen LogP contribution in [0.3, 0.4) is 0 Å². The van der Waals surface area contributed by atoms with Gasteiger partial charge in [-0.15, -0.1) is 23.7 Å². The van der Waals surface area contributed by atoms with E-state index in [-0.39, 0.29) is 35.7 Å². The standard InChI is InChI=1S/C17H18FN3O2S.ClH/c1-10(22)20-9-12-3-5-15(24-12)17(23)21-14-4-2-11-8-19-7-6-13(11)16(14)18;/h2-5,19H,6-9H2,1H3,(H,20,22)(H,21,23);1H. The summed E-state index contributed by atoms with van der Waals surface area (Å²) in [7, 11) is 0. The summed E-state index contributed by atoms with van der Waals surface area (Å²) in [5.41, 5.74) is 1.81. The molecule has 134 valence electrons. The predicted octanol–water partition coefficient (Wildman–Crippen LogP) is 2.84. The van der Waals surface area contributed by atoms with Crippen LogP contribution in [0.2, 0.25) is 0 Å². The molecule has 0 aliphatic carbocycles. The van der Waals surface area contributed by atoms with Crippen molar-refractivity contribution in [1.29, 1.82) is 0 Å². The van der Waals surface area contributed by atoms with Crippen molar-refractivity contribution < 1.29 is 14.0 Å². The quantitative estimate of drug-likeness (QED) is 0.760. The average Bonchev–Trinajstić information content (AvgIpc) is 3.05. The molecule has 5 nitrogen and oxygen atoms in total. The van der Waals surface area contributed by atoms with Gasteiger partial charge in [0.1, 0.15) is 5.82 Å². The number of hydrogen-bond donors (Lipinski definition) is 3. The van der Waals surface area contributed by atoms with Crippen LogP contribution in [0.1, 0.15) is 32.6 Å². The molecule has 0 radical (unpaired) electrons. The first-order valence-electron chi connectivity index (χ1n) is 7.70. The van der Waals surface area contributed by atoms with E-state index in [1.807, 2.05) is 6.07 Å². The van der Waals surface area contributed by atoms with Crippen molar-refractivity contribution in [2.24, 2.45) is 0 Å². The third-order valence-corrected chi connectivity index (χ3v) is 4.94. The van der Waals surface area contributed by atoms with Crippen LogP contribution in [0.25, 0.3) is 0 Å². The maximum absolute atomic E-state index is 14.6. The second-order valence-corrected chi connectivity index (χ2v) is 6.79. The van der Waals surface area contributed by atoms with E-state index in [4.69, 9.17) is 0 Å². The van der Waals surface area contributed by atoms with E-state index in [0.717, 1.165) is 17.0 Å². The number of benzene rings is 1. The molecule has 25 heavy (non-hydrogen) atoms. The molecule has 2 amide bonds. The summed E-state index contributed by atoms with van der Waals surface area (Å²) in [4.78, 5) is 24.6. The highest BCUT2D eigenvalue weighted by Gasteiger charge is 2.18. The number of thiophene rings is 1. The van der Waals surface area contributed by atoms with Crippen molar-refractivity contribution in [2.45, 2.75) is 26.4 Å². The van der Waals surface area contributed by atoms with Gasteiger partial charge >= 0.3 is 0 Å². The Hall–Kier alpha value is -1.96. The number of amides is 2. The topological polar surface area (TPSA) is 70.2 Å². The number of anilines is 1. The van der Waals surface area contributed by atoms with Crippen LogP contribution in [0, 0.1) is 5.82 Å². The fourth-order valence-electron chi connectivity index (χ4n) is 2.62. The van der Waals surface area contributed by atoms with Crippen LogP contribution < -0.4 is 16.0 Å². The molecule has 0 fully saturated rings. The van der Waals surface area contributed by atoms with Gasteiger partial charge in [-0.1, -0.05) is 6.07 Å². The Labute approximate surface area is 155 Å². The zero-order valence-corrected chi connectivity index (χ0v) is 15.3. The minimum absolute atomic E-state index is 0. The van der Waals surface area contributed by atoms with E-state index in [1.54, 1.807) is 18.2 Å². The second-order valence-electron chi connectivity index (χ2n) is 5.62. The van der Waals surface area contributed by atoms with Crippen LogP contribution in [0.4, 0.5) is 10.1 Å². The van der Waals surface area contributed by atoms with Gasteiger partial charge < -0.3 is 16.0 Å². The summed E-state index contributed by atoms with van der Waals surface area (Å²) in [5.74, 6) is -0.820. The molecule has 2 aromatic rings. The van der Waals surface area contributed by atoms with E-state index >= 15 is 0 Å². The van der Waals surface area contributed by atoms with Crippen molar-refractivity contribution in [1.82, 2.24) is 10.6 Å². The Morgan fingerprint density at radius 2 is 2.08 bits per heavy atom. The molecule has 3 N–H and O–H groups in total. The molecule has 2 heterocycles. The number of fused-ring (bicyclic) bond motifs is 1. The Morgan fingerprint density at radius 3 is 2.84 bits per heavy atom. The number of hydrogen-bond acceptors (Lipinski definition) is 4. The minimum atomic E-state index is -0.350. The second kappa shape index (κ2) is 8.42. The van der Waals surface area contributed by atoms with E-state index in [0.29, 0.717) is 30.0 Å². The molecule has 0 spiro atoms. The van der Waals surface area contributed by atoms with Crippen molar-refractivity contribution in [3.05, 3.63) is 51.0 Å². The minimum Gasteiger partial charge on any atom is -0.351 e. The Bertz CT molecular complexity index is 794. The third-order valence-electron chi connectivity index (χ3n) is 3.85. The zero-order chi connectivity index (χ0) is 17.1. The van der Waals surface area contributed by atoms with Gasteiger partial charge in [-0.05, 0) is 42.3 Å². The highest BCUT2D eigenvalue weighted by molar-refractivity contribution is 7.14. The number of carbonyl (C=O) groups is 2. The average molecular weight is 384 g/mol. The van der Waals surface area contributed by atoms with E-state index in [9.17, 15) is 14.0 Å². The molecule has 1 aliphatic rings. The molecule has 1 aromatic carbocycles. The van der Waals surface area contributed by atoms with Gasteiger partial charge in [-0.25, -0.2) is 4.39 Å². The lowest BCUT2D eigenvalue weighted by molar-refractivity contribution is -0.119. The number of carbonyl (C=O) groups excluding carboxylic acids is 2. The van der Waals surface area contributed by atoms with Crippen molar-refractivity contribution in [3.8, 4) is 0 Å². The zero-order valence-electron chi connectivity index (χ0n) is 13.6. The fourth-order valence-corrected chi connectivity index (χ4v) is 3.46. The maximum Gasteiger partial charge on any atom is 0.265 e. The number of halogens is 2. The molecule has 3 rings (SSSR count). The van der Waals surface area contributed by atoms with Crippen LogP contribution in [-0.2, 0) is 24.3 Å². The lowest BCUT2D eigenvalue weighted by Gasteiger charge is -2.19. The monoisotopic (exact) mass is 383 g/mol. The lowest BCUT2D eigenvalue weighted by Crippen LogP contribution is -2.25. The van der Waals surface area contributed by atoms with Crippen molar-refractivity contribution in [3.63, 3.8) is 0 Å². The smallest absolute Gasteiger partial charge is 0.265 e. The largest absolute Gasteiger partial charge is 0.351 e. The molecule has 1 aliphatic heterocycles. The maximum atomic E-state index is 14.6. The summed E-state index contributed by atoms with van der Waals surface area (Å²) in [6.45, 7) is 3.21. The van der Waals surface area contributed by atoms with Crippen molar-refractivity contribution in [2.75, 3.05) is 11.9 Å². The molecular weight excluding hydrogens is 365 g/mol. The Morgan fingerprint density at radius 1 is 1.28 bits per heavy atom.